The zero-order chi connectivity index (χ0) is 15.2. The van der Waals surface area contributed by atoms with E-state index in [0.717, 1.165) is 50.3 Å². The Kier molecular flexibility index (Phi) is 6.15. The molecule has 1 fully saturated rings. The molecule has 4 heteroatoms. The lowest BCUT2D eigenvalue weighted by Gasteiger charge is -2.37. The Balaban J connectivity index is 2.17. The van der Waals surface area contributed by atoms with Crippen LogP contribution >= 0.6 is 0 Å². The van der Waals surface area contributed by atoms with E-state index in [4.69, 9.17) is 4.74 Å². The molecule has 1 aliphatic heterocycles. The van der Waals surface area contributed by atoms with Crippen molar-refractivity contribution >= 4 is 0 Å². The van der Waals surface area contributed by atoms with E-state index in [1.807, 2.05) is 6.92 Å². The first-order valence-corrected chi connectivity index (χ1v) is 7.98. The quantitative estimate of drug-likeness (QED) is 0.873. The number of likely N-dealkylation sites (N-methyl/N-ethyl adjacent to an activating group) is 1. The fraction of sp³-hybridized carbons (Fsp3) is 0.647. The maximum Gasteiger partial charge on any atom is 0.123 e. The van der Waals surface area contributed by atoms with Crippen molar-refractivity contribution in [2.45, 2.75) is 39.3 Å². The summed E-state index contributed by atoms with van der Waals surface area (Å²) >= 11 is 0. The highest BCUT2D eigenvalue weighted by Gasteiger charge is 2.28. The number of hydrogen-bond donors (Lipinski definition) is 1. The van der Waals surface area contributed by atoms with Gasteiger partial charge in [0.1, 0.15) is 5.82 Å². The first kappa shape index (κ1) is 16.4. The van der Waals surface area contributed by atoms with Gasteiger partial charge in [0.25, 0.3) is 0 Å². The van der Waals surface area contributed by atoms with Gasteiger partial charge in [0.2, 0.25) is 0 Å². The molecule has 0 radical (unpaired) electrons. The van der Waals surface area contributed by atoms with Gasteiger partial charge >= 0.3 is 0 Å². The minimum atomic E-state index is -0.172. The van der Waals surface area contributed by atoms with Gasteiger partial charge < -0.3 is 10.1 Å². The fourth-order valence-corrected chi connectivity index (χ4v) is 3.08. The number of rotatable bonds is 6. The molecule has 118 valence electrons. The van der Waals surface area contributed by atoms with Crippen LogP contribution in [0.1, 0.15) is 37.4 Å². The van der Waals surface area contributed by atoms with Crippen LogP contribution in [0.2, 0.25) is 0 Å². The first-order valence-electron chi connectivity index (χ1n) is 7.98. The lowest BCUT2D eigenvalue weighted by Crippen LogP contribution is -2.48. The molecular weight excluding hydrogens is 267 g/mol. The molecule has 1 N–H and O–H groups in total. The third-order valence-electron chi connectivity index (χ3n) is 3.94. The largest absolute Gasteiger partial charge is 0.374 e. The van der Waals surface area contributed by atoms with Crippen LogP contribution < -0.4 is 5.32 Å². The van der Waals surface area contributed by atoms with Crippen molar-refractivity contribution < 1.29 is 9.13 Å². The summed E-state index contributed by atoms with van der Waals surface area (Å²) in [4.78, 5) is 2.44. The summed E-state index contributed by atoms with van der Waals surface area (Å²) < 4.78 is 19.7. The predicted molar refractivity (Wildman–Crippen MR) is 84.0 cm³/mol. The average molecular weight is 294 g/mol. The second-order valence-corrected chi connectivity index (χ2v) is 5.81. The number of aryl methyl sites for hydroxylation is 1. The van der Waals surface area contributed by atoms with Crippen LogP contribution in [0.4, 0.5) is 4.39 Å². The second kappa shape index (κ2) is 7.87. The molecule has 0 aromatic heterocycles. The van der Waals surface area contributed by atoms with E-state index in [0.29, 0.717) is 0 Å². The lowest BCUT2D eigenvalue weighted by atomic mass is 9.98. The topological polar surface area (TPSA) is 24.5 Å². The van der Waals surface area contributed by atoms with Crippen LogP contribution in [0.5, 0.6) is 0 Å². The van der Waals surface area contributed by atoms with Gasteiger partial charge in [-0.25, -0.2) is 4.39 Å². The van der Waals surface area contributed by atoms with Crippen molar-refractivity contribution in [3.63, 3.8) is 0 Å². The standard InChI is InChI=1S/C17H27FN2O/c1-4-6-20-7-8-21-16(12-20)17(19-5-2)14-9-13(3)10-15(18)11-14/h9-11,16-17,19H,4-8,12H2,1-3H3. The van der Waals surface area contributed by atoms with E-state index in [1.165, 1.54) is 0 Å². The van der Waals surface area contributed by atoms with Crippen LogP contribution in [0.15, 0.2) is 18.2 Å². The number of hydrogen-bond acceptors (Lipinski definition) is 3. The van der Waals surface area contributed by atoms with Crippen molar-refractivity contribution in [2.24, 2.45) is 0 Å². The van der Waals surface area contributed by atoms with Gasteiger partial charge in [0.15, 0.2) is 0 Å². The van der Waals surface area contributed by atoms with E-state index in [2.05, 4.69) is 30.1 Å². The van der Waals surface area contributed by atoms with E-state index >= 15 is 0 Å². The maximum atomic E-state index is 13.7. The lowest BCUT2D eigenvalue weighted by molar-refractivity contribution is -0.0468. The van der Waals surface area contributed by atoms with E-state index in [-0.39, 0.29) is 18.0 Å². The molecule has 0 saturated carbocycles. The molecule has 2 rings (SSSR count). The second-order valence-electron chi connectivity index (χ2n) is 5.81. The van der Waals surface area contributed by atoms with Gasteiger partial charge in [-0.15, -0.1) is 0 Å². The van der Waals surface area contributed by atoms with E-state index in [1.54, 1.807) is 12.1 Å². The van der Waals surface area contributed by atoms with Gasteiger partial charge in [-0.3, -0.25) is 4.90 Å². The minimum Gasteiger partial charge on any atom is -0.374 e. The number of nitrogens with zero attached hydrogens (tertiary/aromatic N) is 1. The molecule has 2 atom stereocenters. The van der Waals surface area contributed by atoms with Crippen molar-refractivity contribution in [3.05, 3.63) is 35.1 Å². The molecular formula is C17H27FN2O. The van der Waals surface area contributed by atoms with E-state index in [9.17, 15) is 4.39 Å². The Morgan fingerprint density at radius 1 is 1.38 bits per heavy atom. The molecule has 0 spiro atoms. The third kappa shape index (κ3) is 4.50. The summed E-state index contributed by atoms with van der Waals surface area (Å²) in [6.45, 7) is 10.8. The minimum absolute atomic E-state index is 0.0454. The first-order chi connectivity index (χ1) is 10.1. The maximum absolute atomic E-state index is 13.7. The molecule has 0 aliphatic carbocycles. The van der Waals surface area contributed by atoms with Crippen LogP contribution in [0, 0.1) is 12.7 Å². The number of nitrogens with one attached hydrogen (secondary N) is 1. The fourth-order valence-electron chi connectivity index (χ4n) is 3.08. The smallest absolute Gasteiger partial charge is 0.123 e. The average Bonchev–Trinajstić information content (AvgIpc) is 2.44. The molecule has 0 amide bonds. The summed E-state index contributed by atoms with van der Waals surface area (Å²) in [6, 6.07) is 5.29. The van der Waals surface area contributed by atoms with Gasteiger partial charge in [-0.2, -0.15) is 0 Å². The summed E-state index contributed by atoms with van der Waals surface area (Å²) in [5.74, 6) is -0.172. The Labute approximate surface area is 127 Å². The zero-order valence-corrected chi connectivity index (χ0v) is 13.4. The highest BCUT2D eigenvalue weighted by molar-refractivity contribution is 5.27. The van der Waals surface area contributed by atoms with Gasteiger partial charge in [-0.05, 0) is 49.7 Å². The van der Waals surface area contributed by atoms with Crippen molar-refractivity contribution in [1.82, 2.24) is 10.2 Å². The monoisotopic (exact) mass is 294 g/mol. The Bertz CT molecular complexity index is 430. The predicted octanol–water partition coefficient (Wildman–Crippen LogP) is 2.90. The molecule has 1 saturated heterocycles. The van der Waals surface area contributed by atoms with Crippen LogP contribution in [-0.2, 0) is 4.74 Å². The number of ether oxygens (including phenoxy) is 1. The molecule has 1 heterocycles. The highest BCUT2D eigenvalue weighted by atomic mass is 19.1. The highest BCUT2D eigenvalue weighted by Crippen LogP contribution is 2.24. The van der Waals surface area contributed by atoms with Crippen LogP contribution in [0.3, 0.4) is 0 Å². The van der Waals surface area contributed by atoms with Gasteiger partial charge in [0.05, 0.1) is 18.8 Å². The number of halogens is 1. The summed E-state index contributed by atoms with van der Waals surface area (Å²) in [7, 11) is 0. The van der Waals surface area contributed by atoms with Gasteiger partial charge in [-0.1, -0.05) is 19.9 Å². The molecule has 3 nitrogen and oxygen atoms in total. The molecule has 1 aromatic carbocycles. The molecule has 2 unspecified atom stereocenters. The number of benzene rings is 1. The van der Waals surface area contributed by atoms with Crippen molar-refractivity contribution in [2.75, 3.05) is 32.8 Å². The summed E-state index contributed by atoms with van der Waals surface area (Å²) in [5, 5.41) is 3.47. The molecule has 21 heavy (non-hydrogen) atoms. The van der Waals surface area contributed by atoms with Crippen molar-refractivity contribution in [1.29, 1.82) is 0 Å². The normalized spacial score (nSPS) is 21.4. The van der Waals surface area contributed by atoms with Crippen LogP contribution in [-0.4, -0.2) is 43.8 Å². The Hall–Kier alpha value is -0.970. The summed E-state index contributed by atoms with van der Waals surface area (Å²) in [6.07, 6.45) is 1.23. The number of morpholine rings is 1. The van der Waals surface area contributed by atoms with Gasteiger partial charge in [0, 0.05) is 13.1 Å². The molecule has 0 bridgehead atoms. The Morgan fingerprint density at radius 2 is 2.19 bits per heavy atom. The van der Waals surface area contributed by atoms with Crippen LogP contribution in [0.25, 0.3) is 0 Å². The van der Waals surface area contributed by atoms with E-state index < -0.39 is 0 Å². The zero-order valence-electron chi connectivity index (χ0n) is 13.4. The third-order valence-corrected chi connectivity index (χ3v) is 3.94. The summed E-state index contributed by atoms with van der Waals surface area (Å²) in [5.41, 5.74) is 1.94. The van der Waals surface area contributed by atoms with Crippen molar-refractivity contribution in [3.8, 4) is 0 Å². The Morgan fingerprint density at radius 3 is 2.86 bits per heavy atom. The molecule has 1 aromatic rings. The molecule has 1 aliphatic rings. The SMILES string of the molecule is CCCN1CCOC(C(NCC)c2cc(C)cc(F)c2)C1.